The molecule has 39 heavy (non-hydrogen) atoms. The van der Waals surface area contributed by atoms with Crippen LogP contribution in [0.25, 0.3) is 0 Å². The van der Waals surface area contributed by atoms with E-state index < -0.39 is 36.0 Å². The Hall–Kier alpha value is -4.41. The van der Waals surface area contributed by atoms with Crippen LogP contribution < -0.4 is 10.1 Å². The molecule has 0 bridgehead atoms. The van der Waals surface area contributed by atoms with Gasteiger partial charge in [0.2, 0.25) is 6.41 Å². The Labute approximate surface area is 226 Å². The molecule has 0 saturated heterocycles. The second-order valence-electron chi connectivity index (χ2n) is 9.46. The fraction of sp³-hybridized carbons (Fsp3) is 0.393. The minimum Gasteiger partial charge on any atom is -0.487 e. The number of rotatable bonds is 15. The van der Waals surface area contributed by atoms with E-state index >= 15 is 0 Å². The van der Waals surface area contributed by atoms with Crippen LogP contribution in [0.2, 0.25) is 0 Å². The van der Waals surface area contributed by atoms with Crippen LogP contribution >= 0.6 is 0 Å². The molecule has 11 nitrogen and oxygen atoms in total. The Balaban J connectivity index is 1.64. The lowest BCUT2D eigenvalue weighted by atomic mass is 9.95. The van der Waals surface area contributed by atoms with Crippen LogP contribution in [0.3, 0.4) is 0 Å². The van der Waals surface area contributed by atoms with Gasteiger partial charge >= 0.3 is 12.1 Å². The van der Waals surface area contributed by atoms with Gasteiger partial charge in [0.25, 0.3) is 5.72 Å². The molecule has 3 atom stereocenters. The van der Waals surface area contributed by atoms with Crippen molar-refractivity contribution in [3.63, 3.8) is 0 Å². The average Bonchev–Trinajstić information content (AvgIpc) is 3.33. The molecule has 0 aliphatic carbocycles. The van der Waals surface area contributed by atoms with E-state index in [-0.39, 0.29) is 25.6 Å². The van der Waals surface area contributed by atoms with E-state index in [1.54, 1.807) is 24.3 Å². The molecule has 0 aromatic heterocycles. The van der Waals surface area contributed by atoms with Gasteiger partial charge in [0.1, 0.15) is 18.4 Å². The molecule has 11 heteroatoms. The lowest BCUT2D eigenvalue weighted by Gasteiger charge is -2.39. The van der Waals surface area contributed by atoms with E-state index in [9.17, 15) is 24.3 Å². The number of hydrogen-bond donors (Lipinski definition) is 2. The van der Waals surface area contributed by atoms with Crippen LogP contribution in [0.1, 0.15) is 38.7 Å². The van der Waals surface area contributed by atoms with Crippen molar-refractivity contribution in [3.8, 4) is 5.75 Å². The highest BCUT2D eigenvalue weighted by molar-refractivity contribution is 5.89. The molecular weight excluding hydrogens is 506 g/mol. The normalized spacial score (nSPS) is 17.6. The summed E-state index contributed by atoms with van der Waals surface area (Å²) in [5, 5.41) is 16.2. The summed E-state index contributed by atoms with van der Waals surface area (Å²) in [7, 11) is 0. The van der Waals surface area contributed by atoms with Crippen LogP contribution in [0.4, 0.5) is 4.79 Å². The monoisotopic (exact) mass is 539 g/mol. The molecule has 1 heterocycles. The maximum absolute atomic E-state index is 12.4. The van der Waals surface area contributed by atoms with E-state index in [1.165, 1.54) is 6.92 Å². The van der Waals surface area contributed by atoms with Crippen molar-refractivity contribution in [1.29, 1.82) is 0 Å². The summed E-state index contributed by atoms with van der Waals surface area (Å²) in [6.45, 7) is 3.38. The standard InChI is InChI=1S/C28H33N3O8/c1-20(16-29-27(36)37-17-22-9-5-3-6-10-22)13-23-15-28(39-30-23,18-38-24-11-7-4-8-12-24)31(19-32)25(21(2)33)14-26(34)35/h3-12,19-20,25H,13-18H2,1-2H3,(H,29,36)(H,34,35)/t20?,25-,28?/m0/s1. The summed E-state index contributed by atoms with van der Waals surface area (Å²) < 4.78 is 11.1. The highest BCUT2D eigenvalue weighted by Crippen LogP contribution is 2.33. The molecule has 2 aromatic rings. The molecule has 208 valence electrons. The van der Waals surface area contributed by atoms with Crippen molar-refractivity contribution >= 4 is 30.0 Å². The molecular formula is C28H33N3O8. The number of benzene rings is 2. The van der Waals surface area contributed by atoms with Crippen LogP contribution in [0.5, 0.6) is 5.75 Å². The second kappa shape index (κ2) is 13.9. The Kier molecular flexibility index (Phi) is 10.4. The van der Waals surface area contributed by atoms with Gasteiger partial charge in [0, 0.05) is 6.54 Å². The first kappa shape index (κ1) is 29.2. The zero-order chi connectivity index (χ0) is 28.3. The van der Waals surface area contributed by atoms with Crippen molar-refractivity contribution in [2.24, 2.45) is 11.1 Å². The van der Waals surface area contributed by atoms with Crippen LogP contribution in [-0.2, 0) is 30.6 Å². The fourth-order valence-electron chi connectivity index (χ4n) is 4.21. The number of ether oxygens (including phenoxy) is 2. The summed E-state index contributed by atoms with van der Waals surface area (Å²) in [5.41, 5.74) is -0.0812. The van der Waals surface area contributed by atoms with Crippen LogP contribution in [0, 0.1) is 5.92 Å². The molecule has 0 radical (unpaired) electrons. The molecule has 2 N–H and O–H groups in total. The van der Waals surface area contributed by atoms with Gasteiger partial charge in [0.15, 0.2) is 12.4 Å². The van der Waals surface area contributed by atoms with Crippen molar-refractivity contribution in [2.45, 2.75) is 51.5 Å². The van der Waals surface area contributed by atoms with Crippen molar-refractivity contribution < 1.29 is 38.6 Å². The van der Waals surface area contributed by atoms with Gasteiger partial charge in [-0.15, -0.1) is 0 Å². The summed E-state index contributed by atoms with van der Waals surface area (Å²) in [5.74, 6) is -1.31. The number of alkyl carbamates (subject to hydrolysis) is 1. The topological polar surface area (TPSA) is 144 Å². The largest absolute Gasteiger partial charge is 0.487 e. The number of ketones is 1. The minimum atomic E-state index is -1.53. The first-order valence-corrected chi connectivity index (χ1v) is 12.5. The van der Waals surface area contributed by atoms with Gasteiger partial charge in [-0.25, -0.2) is 4.79 Å². The van der Waals surface area contributed by atoms with Crippen molar-refractivity contribution in [3.05, 3.63) is 66.2 Å². The van der Waals surface area contributed by atoms with E-state index in [1.807, 2.05) is 43.3 Å². The fourth-order valence-corrected chi connectivity index (χ4v) is 4.21. The number of amides is 2. The number of carboxylic acid groups (broad SMARTS) is 1. The number of carbonyl (C=O) groups excluding carboxylic acids is 3. The van der Waals surface area contributed by atoms with E-state index in [0.717, 1.165) is 10.5 Å². The average molecular weight is 540 g/mol. The van der Waals surface area contributed by atoms with E-state index in [2.05, 4.69) is 10.5 Å². The predicted octanol–water partition coefficient (Wildman–Crippen LogP) is 3.38. The molecule has 0 fully saturated rings. The van der Waals surface area contributed by atoms with Gasteiger partial charge in [-0.1, -0.05) is 60.6 Å². The third-order valence-corrected chi connectivity index (χ3v) is 6.18. The van der Waals surface area contributed by atoms with Crippen LogP contribution in [0.15, 0.2) is 65.8 Å². The SMILES string of the molecule is CC(=O)[C@H](CC(=O)O)N(C=O)C1(COc2ccccc2)CC(CC(C)CNC(=O)OCc2ccccc2)=NO1. The number of aliphatic carboxylic acids is 1. The highest BCUT2D eigenvalue weighted by atomic mass is 16.7. The summed E-state index contributed by atoms with van der Waals surface area (Å²) in [6.07, 6.45) is -0.250. The quantitative estimate of drug-likeness (QED) is 0.328. The first-order valence-electron chi connectivity index (χ1n) is 12.5. The Morgan fingerprint density at radius 3 is 2.44 bits per heavy atom. The van der Waals surface area contributed by atoms with Crippen molar-refractivity contribution in [2.75, 3.05) is 13.2 Å². The van der Waals surface area contributed by atoms with Gasteiger partial charge in [-0.05, 0) is 37.0 Å². The maximum Gasteiger partial charge on any atom is 0.407 e. The zero-order valence-electron chi connectivity index (χ0n) is 21.9. The molecule has 1 aliphatic heterocycles. The van der Waals surface area contributed by atoms with E-state index in [4.69, 9.17) is 14.3 Å². The smallest absolute Gasteiger partial charge is 0.407 e. The molecule has 2 aromatic carbocycles. The number of carboxylic acids is 1. The Morgan fingerprint density at radius 1 is 1.15 bits per heavy atom. The number of hydrogen-bond acceptors (Lipinski definition) is 8. The molecule has 2 amide bonds. The third kappa shape index (κ3) is 8.56. The van der Waals surface area contributed by atoms with Gasteiger partial charge < -0.3 is 24.7 Å². The van der Waals surface area contributed by atoms with E-state index in [0.29, 0.717) is 30.8 Å². The third-order valence-electron chi connectivity index (χ3n) is 6.18. The second-order valence-corrected chi connectivity index (χ2v) is 9.46. The number of nitrogens with zero attached hydrogens (tertiary/aromatic N) is 2. The first-order chi connectivity index (χ1) is 18.7. The lowest BCUT2D eigenvalue weighted by molar-refractivity contribution is -0.182. The summed E-state index contributed by atoms with van der Waals surface area (Å²) in [4.78, 5) is 55.0. The number of carbonyl (C=O) groups is 4. The number of para-hydroxylation sites is 1. The summed E-state index contributed by atoms with van der Waals surface area (Å²) in [6, 6.07) is 16.9. The predicted molar refractivity (Wildman–Crippen MR) is 141 cm³/mol. The van der Waals surface area contributed by atoms with Gasteiger partial charge in [0.05, 0.1) is 18.6 Å². The molecule has 2 unspecified atom stereocenters. The summed E-state index contributed by atoms with van der Waals surface area (Å²) >= 11 is 0. The van der Waals surface area contributed by atoms with Crippen LogP contribution in [-0.4, -0.2) is 64.9 Å². The van der Waals surface area contributed by atoms with Gasteiger partial charge in [-0.3, -0.25) is 19.3 Å². The molecule has 3 rings (SSSR count). The number of Topliss-reactive ketones (excluding diaryl/α,β-unsaturated/α-hetero) is 1. The maximum atomic E-state index is 12.4. The molecule has 0 saturated carbocycles. The minimum absolute atomic E-state index is 0.0743. The van der Waals surface area contributed by atoms with Gasteiger partial charge in [-0.2, -0.15) is 0 Å². The zero-order valence-corrected chi connectivity index (χ0v) is 21.9. The Bertz CT molecular complexity index is 1160. The lowest BCUT2D eigenvalue weighted by Crippen LogP contribution is -2.59. The number of oxime groups is 1. The highest BCUT2D eigenvalue weighted by Gasteiger charge is 2.49. The number of nitrogens with one attached hydrogen (secondary N) is 1. The van der Waals surface area contributed by atoms with Crippen molar-refractivity contribution in [1.82, 2.24) is 10.2 Å². The molecule has 1 aliphatic rings. The molecule has 0 spiro atoms. The Morgan fingerprint density at radius 2 is 1.82 bits per heavy atom.